The van der Waals surface area contributed by atoms with Crippen LogP contribution in [0.15, 0.2) is 36.4 Å². The highest BCUT2D eigenvalue weighted by Crippen LogP contribution is 2.13. The fourth-order valence-electron chi connectivity index (χ4n) is 1.90. The molecule has 108 valence electrons. The second-order valence-corrected chi connectivity index (χ2v) is 5.18. The molecule has 0 aliphatic rings. The molecule has 1 rings (SSSR count). The van der Waals surface area contributed by atoms with Crippen molar-refractivity contribution in [3.63, 3.8) is 0 Å². The molecule has 0 aliphatic heterocycles. The van der Waals surface area contributed by atoms with Gasteiger partial charge in [-0.15, -0.1) is 0 Å². The van der Waals surface area contributed by atoms with Gasteiger partial charge in [0.15, 0.2) is 0 Å². The number of hydrogen-bond acceptors (Lipinski definition) is 1. The Morgan fingerprint density at radius 1 is 1.30 bits per heavy atom. The molecule has 0 aromatic heterocycles. The minimum atomic E-state index is -0.0809. The van der Waals surface area contributed by atoms with E-state index >= 15 is 0 Å². The molecule has 1 aromatic carbocycles. The zero-order valence-corrected chi connectivity index (χ0v) is 12.8. The molecule has 0 unspecified atom stereocenters. The van der Waals surface area contributed by atoms with Gasteiger partial charge in [0.05, 0.1) is 0 Å². The Kier molecular flexibility index (Phi) is 6.78. The van der Waals surface area contributed by atoms with Crippen LogP contribution in [-0.4, -0.2) is 12.5 Å². The van der Waals surface area contributed by atoms with Gasteiger partial charge < -0.3 is 5.32 Å². The van der Waals surface area contributed by atoms with Gasteiger partial charge in [-0.1, -0.05) is 56.2 Å². The Hall–Kier alpha value is -1.83. The van der Waals surface area contributed by atoms with Gasteiger partial charge in [-0.25, -0.2) is 0 Å². The predicted molar refractivity (Wildman–Crippen MR) is 86.6 cm³/mol. The number of aryl methyl sites for hydroxylation is 2. The van der Waals surface area contributed by atoms with Crippen molar-refractivity contribution in [1.29, 1.82) is 0 Å². The first-order valence-corrected chi connectivity index (χ1v) is 7.27. The summed E-state index contributed by atoms with van der Waals surface area (Å²) in [4.78, 5) is 11.8. The number of hydrogen-bond donors (Lipinski definition) is 1. The number of carbonyl (C=O) groups excluding carboxylic acids is 1. The van der Waals surface area contributed by atoms with Crippen molar-refractivity contribution in [3.8, 4) is 0 Å². The monoisotopic (exact) mass is 271 g/mol. The lowest BCUT2D eigenvalue weighted by Crippen LogP contribution is -2.24. The number of rotatable bonds is 7. The van der Waals surface area contributed by atoms with Gasteiger partial charge >= 0.3 is 0 Å². The predicted octanol–water partition coefficient (Wildman–Crippen LogP) is 4.18. The number of amides is 1. The van der Waals surface area contributed by atoms with Gasteiger partial charge in [0, 0.05) is 12.1 Å². The molecule has 1 N–H and O–H groups in total. The van der Waals surface area contributed by atoms with Crippen molar-refractivity contribution in [3.05, 3.63) is 53.1 Å². The molecule has 2 nitrogen and oxygen atoms in total. The average Bonchev–Trinajstić information content (AvgIpc) is 2.44. The maximum Gasteiger partial charge on any atom is 0.250 e. The fourth-order valence-corrected chi connectivity index (χ4v) is 1.90. The fraction of sp³-hybridized carbons (Fsp3) is 0.389. The second-order valence-electron chi connectivity index (χ2n) is 5.18. The highest BCUT2D eigenvalue weighted by molar-refractivity contribution is 5.96. The molecule has 1 aromatic rings. The molecular weight excluding hydrogens is 246 g/mol. The topological polar surface area (TPSA) is 29.1 Å². The molecule has 1 amide bonds. The maximum absolute atomic E-state index is 11.8. The van der Waals surface area contributed by atoms with Crippen LogP contribution < -0.4 is 5.32 Å². The minimum Gasteiger partial charge on any atom is -0.352 e. The first kappa shape index (κ1) is 16.2. The van der Waals surface area contributed by atoms with E-state index in [4.69, 9.17) is 0 Å². The Labute approximate surface area is 122 Å². The molecule has 0 fully saturated rings. The zero-order valence-electron chi connectivity index (χ0n) is 12.8. The van der Waals surface area contributed by atoms with Crippen LogP contribution in [-0.2, 0) is 4.79 Å². The van der Waals surface area contributed by atoms with Gasteiger partial charge in [0.2, 0.25) is 0 Å². The molecule has 20 heavy (non-hydrogen) atoms. The smallest absolute Gasteiger partial charge is 0.250 e. The summed E-state index contributed by atoms with van der Waals surface area (Å²) in [6, 6.07) is 6.28. The summed E-state index contributed by atoms with van der Waals surface area (Å²) in [6.07, 6.45) is 7.07. The van der Waals surface area contributed by atoms with E-state index < -0.39 is 0 Å². The number of nitrogens with one attached hydrogen (secondary N) is 1. The molecule has 0 radical (unpaired) electrons. The molecule has 0 aliphatic carbocycles. The highest BCUT2D eigenvalue weighted by Gasteiger charge is 2.02. The first-order valence-electron chi connectivity index (χ1n) is 7.27. The summed E-state index contributed by atoms with van der Waals surface area (Å²) in [5.41, 5.74) is 4.04. The van der Waals surface area contributed by atoms with Crippen molar-refractivity contribution >= 4 is 12.0 Å². The molecule has 0 heterocycles. The van der Waals surface area contributed by atoms with Crippen molar-refractivity contribution in [2.45, 2.75) is 40.0 Å². The Morgan fingerprint density at radius 3 is 2.75 bits per heavy atom. The van der Waals surface area contributed by atoms with E-state index in [9.17, 15) is 4.79 Å². The van der Waals surface area contributed by atoms with Crippen molar-refractivity contribution in [2.75, 3.05) is 6.54 Å². The standard InChI is InChI=1S/C18H25NO/c1-5-6-7-12-19-18(20)16(4)10-11-17-13-14(2)8-9-15(17)3/h8-11,13H,4-7,12H2,1-3H3,(H,19,20)/b11-10-. The van der Waals surface area contributed by atoms with Crippen LogP contribution in [0.5, 0.6) is 0 Å². The van der Waals surface area contributed by atoms with E-state index in [0.29, 0.717) is 5.57 Å². The van der Waals surface area contributed by atoms with Crippen LogP contribution in [0.1, 0.15) is 42.9 Å². The molecule has 0 bridgehead atoms. The Balaban J connectivity index is 2.54. The van der Waals surface area contributed by atoms with Crippen molar-refractivity contribution in [1.82, 2.24) is 5.32 Å². The maximum atomic E-state index is 11.8. The van der Waals surface area contributed by atoms with E-state index in [1.165, 1.54) is 11.1 Å². The van der Waals surface area contributed by atoms with E-state index in [-0.39, 0.29) is 5.91 Å². The number of unbranched alkanes of at least 4 members (excludes halogenated alkanes) is 2. The van der Waals surface area contributed by atoms with Gasteiger partial charge in [0.1, 0.15) is 0 Å². The van der Waals surface area contributed by atoms with Gasteiger partial charge in [0.25, 0.3) is 5.91 Å². The third kappa shape index (κ3) is 5.43. The van der Waals surface area contributed by atoms with E-state index in [1.807, 2.05) is 6.08 Å². The van der Waals surface area contributed by atoms with Crippen LogP contribution in [0, 0.1) is 13.8 Å². The molecular formula is C18H25NO. The summed E-state index contributed by atoms with van der Waals surface area (Å²) in [6.45, 7) is 10.8. The molecule has 0 saturated carbocycles. The zero-order chi connectivity index (χ0) is 15.0. The minimum absolute atomic E-state index is 0.0809. The average molecular weight is 271 g/mol. The SMILES string of the molecule is C=C(/C=C\c1cc(C)ccc1C)C(=O)NCCCCC. The Morgan fingerprint density at radius 2 is 2.05 bits per heavy atom. The third-order valence-corrected chi connectivity index (χ3v) is 3.26. The van der Waals surface area contributed by atoms with E-state index in [1.54, 1.807) is 6.08 Å². The summed E-state index contributed by atoms with van der Waals surface area (Å²) >= 11 is 0. The van der Waals surface area contributed by atoms with E-state index in [2.05, 4.69) is 50.9 Å². The van der Waals surface area contributed by atoms with Gasteiger partial charge in [-0.2, -0.15) is 0 Å². The first-order chi connectivity index (χ1) is 9.54. The van der Waals surface area contributed by atoms with Crippen molar-refractivity contribution < 1.29 is 4.79 Å². The quantitative estimate of drug-likeness (QED) is 0.450. The number of carbonyl (C=O) groups is 1. The normalized spacial score (nSPS) is 10.8. The molecule has 0 atom stereocenters. The van der Waals surface area contributed by atoms with E-state index in [0.717, 1.165) is 31.4 Å². The summed E-state index contributed by atoms with van der Waals surface area (Å²) in [7, 11) is 0. The summed E-state index contributed by atoms with van der Waals surface area (Å²) in [5, 5.41) is 2.89. The van der Waals surface area contributed by atoms with Gasteiger partial charge in [-0.3, -0.25) is 4.79 Å². The van der Waals surface area contributed by atoms with Crippen LogP contribution in [0.3, 0.4) is 0 Å². The molecule has 0 saturated heterocycles. The second kappa shape index (κ2) is 8.36. The highest BCUT2D eigenvalue weighted by atomic mass is 16.1. The molecule has 0 spiro atoms. The lowest BCUT2D eigenvalue weighted by Gasteiger charge is -2.05. The largest absolute Gasteiger partial charge is 0.352 e. The molecule has 2 heteroatoms. The summed E-state index contributed by atoms with van der Waals surface area (Å²) in [5.74, 6) is -0.0809. The lowest BCUT2D eigenvalue weighted by atomic mass is 10.0. The van der Waals surface area contributed by atoms with Gasteiger partial charge in [-0.05, 0) is 37.5 Å². The van der Waals surface area contributed by atoms with Crippen LogP contribution in [0.25, 0.3) is 6.08 Å². The summed E-state index contributed by atoms with van der Waals surface area (Å²) < 4.78 is 0. The van der Waals surface area contributed by atoms with Crippen LogP contribution in [0.4, 0.5) is 0 Å². The van der Waals surface area contributed by atoms with Crippen molar-refractivity contribution in [2.24, 2.45) is 0 Å². The Bertz CT molecular complexity index is 500. The van der Waals surface area contributed by atoms with Crippen LogP contribution >= 0.6 is 0 Å². The third-order valence-electron chi connectivity index (χ3n) is 3.26. The lowest BCUT2D eigenvalue weighted by molar-refractivity contribution is -0.117. The van der Waals surface area contributed by atoms with Crippen LogP contribution in [0.2, 0.25) is 0 Å². The number of benzene rings is 1.